The topological polar surface area (TPSA) is 64.2 Å². The van der Waals surface area contributed by atoms with Crippen molar-refractivity contribution in [3.05, 3.63) is 58.0 Å². The van der Waals surface area contributed by atoms with E-state index in [1.54, 1.807) is 17.0 Å². The molecular weight excluding hydrogens is 263 g/mol. The van der Waals surface area contributed by atoms with Gasteiger partial charge in [0.1, 0.15) is 5.82 Å². The Balaban J connectivity index is 1.87. The van der Waals surface area contributed by atoms with Crippen molar-refractivity contribution in [3.63, 3.8) is 0 Å². The number of rotatable bonds is 4. The van der Waals surface area contributed by atoms with Crippen molar-refractivity contribution < 1.29 is 14.3 Å². The standard InChI is InChI=1S/C14H13FN2O3/c15-12-7-9(13(18)19)1-2-10(12)8-16-5-6-17(14(16)20)11-3-4-11/h1-2,5-7,11H,3-4,8H2,(H,18,19). The van der Waals surface area contributed by atoms with Gasteiger partial charge >= 0.3 is 11.7 Å². The molecule has 20 heavy (non-hydrogen) atoms. The van der Waals surface area contributed by atoms with Gasteiger partial charge in [0.15, 0.2) is 0 Å². The van der Waals surface area contributed by atoms with Crippen LogP contribution >= 0.6 is 0 Å². The predicted molar refractivity (Wildman–Crippen MR) is 69.4 cm³/mol. The molecule has 1 N–H and O–H groups in total. The smallest absolute Gasteiger partial charge is 0.335 e. The second-order valence-electron chi connectivity index (χ2n) is 4.96. The van der Waals surface area contributed by atoms with Crippen molar-refractivity contribution in [2.24, 2.45) is 0 Å². The van der Waals surface area contributed by atoms with Crippen molar-refractivity contribution in [1.82, 2.24) is 9.13 Å². The first kappa shape index (κ1) is 12.7. The summed E-state index contributed by atoms with van der Waals surface area (Å²) >= 11 is 0. The predicted octanol–water partition coefficient (Wildman–Crippen LogP) is 1.87. The van der Waals surface area contributed by atoms with Gasteiger partial charge in [0.05, 0.1) is 12.1 Å². The molecule has 1 aliphatic rings. The maximum Gasteiger partial charge on any atom is 0.335 e. The Morgan fingerprint density at radius 1 is 1.35 bits per heavy atom. The third-order valence-corrected chi connectivity index (χ3v) is 3.45. The lowest BCUT2D eigenvalue weighted by Crippen LogP contribution is -2.24. The summed E-state index contributed by atoms with van der Waals surface area (Å²) in [4.78, 5) is 22.8. The molecule has 0 bridgehead atoms. The highest BCUT2D eigenvalue weighted by atomic mass is 19.1. The molecule has 1 saturated carbocycles. The summed E-state index contributed by atoms with van der Waals surface area (Å²) in [6, 6.07) is 3.99. The van der Waals surface area contributed by atoms with E-state index in [0.29, 0.717) is 5.56 Å². The first-order valence-corrected chi connectivity index (χ1v) is 6.35. The van der Waals surface area contributed by atoms with Gasteiger partial charge in [-0.1, -0.05) is 6.07 Å². The van der Waals surface area contributed by atoms with Gasteiger partial charge in [0.25, 0.3) is 0 Å². The van der Waals surface area contributed by atoms with Gasteiger partial charge in [-0.05, 0) is 25.0 Å². The van der Waals surface area contributed by atoms with Crippen LogP contribution in [0.3, 0.4) is 0 Å². The number of nitrogens with zero attached hydrogens (tertiary/aromatic N) is 2. The van der Waals surface area contributed by atoms with Crippen LogP contribution in [-0.2, 0) is 6.54 Å². The van der Waals surface area contributed by atoms with E-state index in [0.717, 1.165) is 18.9 Å². The van der Waals surface area contributed by atoms with Crippen molar-refractivity contribution in [2.75, 3.05) is 0 Å². The first-order chi connectivity index (χ1) is 9.56. The van der Waals surface area contributed by atoms with Crippen LogP contribution in [0.25, 0.3) is 0 Å². The maximum atomic E-state index is 13.8. The lowest BCUT2D eigenvalue weighted by molar-refractivity contribution is 0.0696. The van der Waals surface area contributed by atoms with Crippen molar-refractivity contribution in [3.8, 4) is 0 Å². The summed E-state index contributed by atoms with van der Waals surface area (Å²) in [7, 11) is 0. The van der Waals surface area contributed by atoms with Crippen molar-refractivity contribution in [2.45, 2.75) is 25.4 Å². The minimum absolute atomic E-state index is 0.101. The number of halogens is 1. The summed E-state index contributed by atoms with van der Waals surface area (Å²) in [5.41, 5.74) is 0.0361. The SMILES string of the molecule is O=C(O)c1ccc(Cn2ccn(C3CC3)c2=O)c(F)c1. The summed E-state index contributed by atoms with van der Waals surface area (Å²) < 4.78 is 16.9. The highest BCUT2D eigenvalue weighted by Crippen LogP contribution is 2.33. The van der Waals surface area contributed by atoms with Gasteiger partial charge in [-0.25, -0.2) is 14.0 Å². The molecule has 1 aliphatic carbocycles. The van der Waals surface area contributed by atoms with E-state index in [1.165, 1.54) is 16.7 Å². The van der Waals surface area contributed by atoms with Crippen LogP contribution in [0.5, 0.6) is 0 Å². The zero-order valence-corrected chi connectivity index (χ0v) is 10.6. The summed E-state index contributed by atoms with van der Waals surface area (Å²) in [5.74, 6) is -1.79. The number of aromatic nitrogens is 2. The van der Waals surface area contributed by atoms with E-state index in [4.69, 9.17) is 5.11 Å². The number of hydrogen-bond donors (Lipinski definition) is 1. The summed E-state index contributed by atoms with van der Waals surface area (Å²) in [5, 5.41) is 8.78. The average molecular weight is 276 g/mol. The molecule has 0 spiro atoms. The van der Waals surface area contributed by atoms with Crippen LogP contribution in [-0.4, -0.2) is 20.2 Å². The normalized spacial score (nSPS) is 14.4. The Morgan fingerprint density at radius 3 is 2.70 bits per heavy atom. The number of aromatic carboxylic acids is 1. The second-order valence-corrected chi connectivity index (χ2v) is 4.96. The summed E-state index contributed by atoms with van der Waals surface area (Å²) in [6.45, 7) is 0.101. The van der Waals surface area contributed by atoms with Crippen LogP contribution < -0.4 is 5.69 Å². The number of benzene rings is 1. The number of carboxylic acid groups (broad SMARTS) is 1. The fourth-order valence-electron chi connectivity index (χ4n) is 2.17. The van der Waals surface area contributed by atoms with E-state index in [1.807, 2.05) is 0 Å². The number of imidazole rings is 1. The van der Waals surface area contributed by atoms with E-state index >= 15 is 0 Å². The minimum atomic E-state index is -1.17. The molecule has 1 heterocycles. The molecule has 0 unspecified atom stereocenters. The van der Waals surface area contributed by atoms with Gasteiger partial charge in [-0.15, -0.1) is 0 Å². The Bertz CT molecular complexity index is 728. The van der Waals surface area contributed by atoms with E-state index < -0.39 is 11.8 Å². The molecule has 3 rings (SSSR count). The van der Waals surface area contributed by atoms with Crippen LogP contribution in [0.15, 0.2) is 35.4 Å². The third kappa shape index (κ3) is 2.24. The van der Waals surface area contributed by atoms with Gasteiger partial charge in [0.2, 0.25) is 0 Å². The van der Waals surface area contributed by atoms with E-state index in [2.05, 4.69) is 0 Å². The molecule has 0 saturated heterocycles. The van der Waals surface area contributed by atoms with Crippen molar-refractivity contribution >= 4 is 5.97 Å². The molecular formula is C14H13FN2O3. The minimum Gasteiger partial charge on any atom is -0.478 e. The highest BCUT2D eigenvalue weighted by molar-refractivity contribution is 5.87. The number of carboxylic acids is 1. The average Bonchev–Trinajstić information content (AvgIpc) is 3.18. The fourth-order valence-corrected chi connectivity index (χ4v) is 2.17. The molecule has 0 aliphatic heterocycles. The fraction of sp³-hybridized carbons (Fsp3) is 0.286. The van der Waals surface area contributed by atoms with Gasteiger partial charge < -0.3 is 5.11 Å². The Labute approximate surface area is 113 Å². The monoisotopic (exact) mass is 276 g/mol. The van der Waals surface area contributed by atoms with Crippen molar-refractivity contribution in [1.29, 1.82) is 0 Å². The lowest BCUT2D eigenvalue weighted by Gasteiger charge is -2.05. The Hall–Kier alpha value is -2.37. The van der Waals surface area contributed by atoms with Gasteiger partial charge in [-0.3, -0.25) is 9.13 Å². The molecule has 5 nitrogen and oxygen atoms in total. The molecule has 0 radical (unpaired) electrons. The third-order valence-electron chi connectivity index (χ3n) is 3.45. The second kappa shape index (κ2) is 4.63. The largest absolute Gasteiger partial charge is 0.478 e. The Kier molecular flexibility index (Phi) is 2.93. The molecule has 0 amide bonds. The Morgan fingerprint density at radius 2 is 2.10 bits per heavy atom. The van der Waals surface area contributed by atoms with Crippen LogP contribution in [0.2, 0.25) is 0 Å². The molecule has 1 aromatic carbocycles. The molecule has 104 valence electrons. The van der Waals surface area contributed by atoms with Crippen LogP contribution in [0, 0.1) is 5.82 Å². The molecule has 6 heteroatoms. The quantitative estimate of drug-likeness (QED) is 0.927. The zero-order chi connectivity index (χ0) is 14.3. The van der Waals surface area contributed by atoms with E-state index in [-0.39, 0.29) is 23.8 Å². The van der Waals surface area contributed by atoms with Crippen LogP contribution in [0.1, 0.15) is 34.8 Å². The maximum absolute atomic E-state index is 13.8. The lowest BCUT2D eigenvalue weighted by atomic mass is 10.1. The first-order valence-electron chi connectivity index (χ1n) is 6.35. The van der Waals surface area contributed by atoms with Gasteiger partial charge in [-0.2, -0.15) is 0 Å². The molecule has 1 aromatic heterocycles. The van der Waals surface area contributed by atoms with Gasteiger partial charge in [0, 0.05) is 24.0 Å². The summed E-state index contributed by atoms with van der Waals surface area (Å²) in [6.07, 6.45) is 5.35. The molecule has 1 fully saturated rings. The number of carbonyl (C=O) groups is 1. The van der Waals surface area contributed by atoms with E-state index in [9.17, 15) is 14.0 Å². The molecule has 0 atom stereocenters. The zero-order valence-electron chi connectivity index (χ0n) is 10.6. The highest BCUT2D eigenvalue weighted by Gasteiger charge is 2.25. The molecule has 2 aromatic rings. The van der Waals surface area contributed by atoms with Crippen LogP contribution in [0.4, 0.5) is 4.39 Å². The number of hydrogen-bond acceptors (Lipinski definition) is 2.